The summed E-state index contributed by atoms with van der Waals surface area (Å²) in [6.45, 7) is 5.24. The van der Waals surface area contributed by atoms with Crippen LogP contribution in [0.1, 0.15) is 67.1 Å². The van der Waals surface area contributed by atoms with E-state index in [1.54, 1.807) is 25.3 Å². The first-order chi connectivity index (χ1) is 13.6. The molecule has 0 bridgehead atoms. The summed E-state index contributed by atoms with van der Waals surface area (Å²) in [5.41, 5.74) is 4.43. The normalized spacial score (nSPS) is 18.2. The van der Waals surface area contributed by atoms with E-state index in [9.17, 15) is 14.1 Å². The first kappa shape index (κ1) is 20.5. The number of fused-ring (bicyclic) bond motifs is 1. The van der Waals surface area contributed by atoms with E-state index >= 15 is 0 Å². The Morgan fingerprint density at radius 3 is 2.76 bits per heavy atom. The summed E-state index contributed by atoms with van der Waals surface area (Å²) in [7, 11) is -3.41. The molecule has 29 heavy (non-hydrogen) atoms. The smallest absolute Gasteiger partial charge is 0.354 e. The molecule has 2 amide bonds. The number of aromatic nitrogens is 1. The van der Waals surface area contributed by atoms with Crippen LogP contribution in [-0.2, 0) is 28.4 Å². The molecule has 2 heterocycles. The van der Waals surface area contributed by atoms with Crippen LogP contribution < -0.4 is 10.5 Å². The van der Waals surface area contributed by atoms with Crippen LogP contribution in [0, 0.1) is 6.92 Å². The van der Waals surface area contributed by atoms with Gasteiger partial charge < -0.3 is 10.4 Å². The molecule has 0 unspecified atom stereocenters. The van der Waals surface area contributed by atoms with Crippen molar-refractivity contribution in [1.82, 2.24) is 4.98 Å². The quantitative estimate of drug-likeness (QED) is 0.674. The first-order valence-corrected chi connectivity index (χ1v) is 12.2. The van der Waals surface area contributed by atoms with Gasteiger partial charge in [0.25, 0.3) is 0 Å². The summed E-state index contributed by atoms with van der Waals surface area (Å²) in [5, 5.41) is 20.6. The lowest BCUT2D eigenvalue weighted by Crippen LogP contribution is -2.19. The molecule has 0 spiro atoms. The zero-order chi connectivity index (χ0) is 21.0. The van der Waals surface area contributed by atoms with Gasteiger partial charge in [0.05, 0.1) is 11.3 Å². The van der Waals surface area contributed by atoms with Crippen molar-refractivity contribution in [3.63, 3.8) is 0 Å². The number of nitrogens with two attached hydrogens (primary N) is 1. The Bertz CT molecular complexity index is 1100. The number of nitrogens with zero attached hydrogens (tertiary/aromatic N) is 2. The molecule has 9 heteroatoms. The number of carbonyl (C=O) groups excluding carboxylic acids is 1. The second-order valence-electron chi connectivity index (χ2n) is 8.34. The number of pyridine rings is 1. The summed E-state index contributed by atoms with van der Waals surface area (Å²) in [4.78, 5) is 17.5. The number of anilines is 1. The van der Waals surface area contributed by atoms with E-state index in [1.807, 2.05) is 6.92 Å². The standard InChI is InChI=1S/C20H26N4O3S2/c1-11-17(12-7-8-12)18(14-5-4-6-15(14)22-11)23-19(25)24-29(21,27)16-9-13(10-28-16)20(2,3)26/h9-10,12,26H,4-8H2,1-3H3,(H3,21,22,23,24,25,27)/t29-/m1/s1. The van der Waals surface area contributed by atoms with E-state index in [-0.39, 0.29) is 4.21 Å². The summed E-state index contributed by atoms with van der Waals surface area (Å²) in [5.74, 6) is 0.414. The van der Waals surface area contributed by atoms with Crippen molar-refractivity contribution >= 4 is 33.0 Å². The van der Waals surface area contributed by atoms with Crippen LogP contribution in [-0.4, -0.2) is 20.3 Å². The first-order valence-electron chi connectivity index (χ1n) is 9.76. The highest BCUT2D eigenvalue weighted by Crippen LogP contribution is 2.47. The molecule has 1 atom stereocenters. The number of nitrogens with one attached hydrogen (secondary N) is 1. The molecular weight excluding hydrogens is 408 g/mol. The van der Waals surface area contributed by atoms with E-state index in [2.05, 4.69) is 9.68 Å². The largest absolute Gasteiger partial charge is 0.386 e. The van der Waals surface area contributed by atoms with Gasteiger partial charge in [0.1, 0.15) is 4.21 Å². The lowest BCUT2D eigenvalue weighted by molar-refractivity contribution is 0.0789. The molecule has 4 rings (SSSR count). The van der Waals surface area contributed by atoms with Crippen molar-refractivity contribution in [3.8, 4) is 0 Å². The van der Waals surface area contributed by atoms with E-state index in [4.69, 9.17) is 10.1 Å². The van der Waals surface area contributed by atoms with Gasteiger partial charge >= 0.3 is 6.03 Å². The summed E-state index contributed by atoms with van der Waals surface area (Å²) < 4.78 is 17.0. The highest BCUT2D eigenvalue weighted by atomic mass is 32.2. The number of amides is 2. The van der Waals surface area contributed by atoms with E-state index in [1.165, 1.54) is 0 Å². The lowest BCUT2D eigenvalue weighted by Gasteiger charge is -2.16. The Labute approximate surface area is 175 Å². The molecule has 0 aromatic carbocycles. The van der Waals surface area contributed by atoms with Gasteiger partial charge in [-0.3, -0.25) is 4.98 Å². The van der Waals surface area contributed by atoms with Gasteiger partial charge in [-0.1, -0.05) is 0 Å². The van der Waals surface area contributed by atoms with Gasteiger partial charge in [0, 0.05) is 17.0 Å². The molecule has 2 aliphatic carbocycles. The summed E-state index contributed by atoms with van der Waals surface area (Å²) in [6, 6.07) is 0.838. The highest BCUT2D eigenvalue weighted by Gasteiger charge is 2.32. The van der Waals surface area contributed by atoms with Crippen molar-refractivity contribution in [1.29, 1.82) is 0 Å². The Hall–Kier alpha value is -1.81. The number of hydrogen-bond acceptors (Lipinski definition) is 5. The van der Waals surface area contributed by atoms with Crippen molar-refractivity contribution in [2.45, 2.75) is 68.6 Å². The molecule has 2 aliphatic rings. The van der Waals surface area contributed by atoms with Gasteiger partial charge in [-0.25, -0.2) is 14.1 Å². The Morgan fingerprint density at radius 1 is 1.41 bits per heavy atom. The topological polar surface area (TPSA) is 118 Å². The minimum absolute atomic E-state index is 0.267. The van der Waals surface area contributed by atoms with Crippen LogP contribution in [0.15, 0.2) is 20.0 Å². The number of aliphatic hydroxyl groups is 1. The van der Waals surface area contributed by atoms with Gasteiger partial charge in [-0.15, -0.1) is 15.7 Å². The third-order valence-corrected chi connectivity index (χ3v) is 8.32. The molecule has 1 fully saturated rings. The van der Waals surface area contributed by atoms with Gasteiger partial charge in [-0.05, 0) is 81.4 Å². The number of rotatable bonds is 4. The maximum Gasteiger partial charge on any atom is 0.354 e. The molecule has 7 nitrogen and oxygen atoms in total. The SMILES string of the molecule is Cc1nc2c(c(NC(=O)N=[S@@](N)(=O)c3cc(C(C)(C)O)cs3)c1C1CC1)CCC2. The van der Waals surface area contributed by atoms with Crippen molar-refractivity contribution in [3.05, 3.63) is 39.5 Å². The number of urea groups is 1. The zero-order valence-corrected chi connectivity index (χ0v) is 18.5. The van der Waals surface area contributed by atoms with Crippen molar-refractivity contribution < 1.29 is 14.1 Å². The lowest BCUT2D eigenvalue weighted by atomic mass is 10.0. The van der Waals surface area contributed by atoms with Crippen molar-refractivity contribution in [2.75, 3.05) is 5.32 Å². The summed E-state index contributed by atoms with van der Waals surface area (Å²) in [6.07, 6.45) is 4.96. The summed E-state index contributed by atoms with van der Waals surface area (Å²) >= 11 is 1.13. The van der Waals surface area contributed by atoms with E-state index in [0.717, 1.165) is 71.6 Å². The maximum absolute atomic E-state index is 12.9. The molecular formula is C20H26N4O3S2. The van der Waals surface area contributed by atoms with Crippen LogP contribution in [0.3, 0.4) is 0 Å². The molecule has 0 saturated heterocycles. The van der Waals surface area contributed by atoms with Crippen molar-refractivity contribution in [2.24, 2.45) is 9.50 Å². The zero-order valence-electron chi connectivity index (χ0n) is 16.8. The Balaban J connectivity index is 1.67. The molecule has 1 saturated carbocycles. The Kier molecular flexibility index (Phi) is 5.05. The fraction of sp³-hybridized carbons (Fsp3) is 0.500. The molecule has 0 aliphatic heterocycles. The fourth-order valence-corrected chi connectivity index (χ4v) is 6.11. The van der Waals surface area contributed by atoms with Gasteiger partial charge in [0.15, 0.2) is 9.92 Å². The number of thiophene rings is 1. The van der Waals surface area contributed by atoms with Crippen LogP contribution in [0.25, 0.3) is 0 Å². The Morgan fingerprint density at radius 2 is 2.14 bits per heavy atom. The molecule has 0 radical (unpaired) electrons. The van der Waals surface area contributed by atoms with Gasteiger partial charge in [0.2, 0.25) is 0 Å². The average Bonchev–Trinajstić information content (AvgIpc) is 3.10. The average molecular weight is 435 g/mol. The fourth-order valence-electron chi connectivity index (χ4n) is 3.83. The maximum atomic E-state index is 12.9. The third kappa shape index (κ3) is 4.09. The predicted molar refractivity (Wildman–Crippen MR) is 115 cm³/mol. The number of carbonyl (C=O) groups is 1. The highest BCUT2D eigenvalue weighted by molar-refractivity contribution is 7.93. The van der Waals surface area contributed by atoms with Crippen LogP contribution in [0.5, 0.6) is 0 Å². The van der Waals surface area contributed by atoms with Crippen LogP contribution in [0.2, 0.25) is 0 Å². The van der Waals surface area contributed by atoms with E-state index < -0.39 is 21.5 Å². The molecule has 4 N–H and O–H groups in total. The third-order valence-electron chi connectivity index (χ3n) is 5.46. The van der Waals surface area contributed by atoms with E-state index in [0.29, 0.717) is 11.5 Å². The predicted octanol–water partition coefficient (Wildman–Crippen LogP) is 3.98. The second kappa shape index (κ2) is 7.16. The molecule has 2 aromatic heterocycles. The minimum atomic E-state index is -3.41. The molecule has 2 aromatic rings. The van der Waals surface area contributed by atoms with Gasteiger partial charge in [-0.2, -0.15) is 0 Å². The van der Waals surface area contributed by atoms with Crippen LogP contribution in [0.4, 0.5) is 10.5 Å². The minimum Gasteiger partial charge on any atom is -0.386 e. The number of aryl methyl sites for hydroxylation is 2. The van der Waals surface area contributed by atoms with Crippen LogP contribution >= 0.6 is 11.3 Å². The molecule has 156 valence electrons. The second-order valence-corrected chi connectivity index (χ2v) is 11.3. The monoisotopic (exact) mass is 434 g/mol. The number of hydrogen-bond donors (Lipinski definition) is 3.